The highest BCUT2D eigenvalue weighted by atomic mass is 32.2. The van der Waals surface area contributed by atoms with Gasteiger partial charge in [-0.25, -0.2) is 0 Å². The first-order valence-corrected chi connectivity index (χ1v) is 8.45. The van der Waals surface area contributed by atoms with Crippen molar-refractivity contribution >= 4 is 23.5 Å². The number of Topliss-reactive ketones (excluding diaryl/α,β-unsaturated/α-hetero) is 1. The van der Waals surface area contributed by atoms with E-state index in [-0.39, 0.29) is 17.1 Å². The second-order valence-electron chi connectivity index (χ2n) is 3.91. The monoisotopic (exact) mass is 320 g/mol. The fourth-order valence-corrected chi connectivity index (χ4v) is 3.98. The summed E-state index contributed by atoms with van der Waals surface area (Å²) in [5, 5.41) is 0. The first kappa shape index (κ1) is 17.0. The summed E-state index contributed by atoms with van der Waals surface area (Å²) in [7, 11) is -6.10. The van der Waals surface area contributed by atoms with E-state index >= 15 is 0 Å². The average Bonchev–Trinajstić information content (AvgIpc) is 2.38. The zero-order valence-electron chi connectivity index (χ0n) is 11.3. The molecule has 0 N–H and O–H groups in total. The summed E-state index contributed by atoms with van der Waals surface area (Å²) in [6.45, 7) is 1.44. The lowest BCUT2D eigenvalue weighted by Crippen LogP contribution is -2.08. The summed E-state index contributed by atoms with van der Waals surface area (Å²) < 4.78 is 35.9. The van der Waals surface area contributed by atoms with Crippen molar-refractivity contribution in [2.45, 2.75) is 18.2 Å². The van der Waals surface area contributed by atoms with E-state index in [0.717, 1.165) is 14.2 Å². The number of nitrogens with zero attached hydrogens (tertiary/aromatic N) is 1. The third kappa shape index (κ3) is 4.50. The molecule has 0 aliphatic carbocycles. The minimum absolute atomic E-state index is 0.0337. The summed E-state index contributed by atoms with van der Waals surface area (Å²) >= 11 is 0. The van der Waals surface area contributed by atoms with Gasteiger partial charge in [0.25, 0.3) is 10.0 Å². The molecule has 20 heavy (non-hydrogen) atoms. The Morgan fingerprint density at radius 1 is 1.25 bits per heavy atom. The zero-order valence-corrected chi connectivity index (χ0v) is 13.0. The molecule has 1 rings (SSSR count). The summed E-state index contributed by atoms with van der Waals surface area (Å²) in [6.07, 6.45) is 0.214. The third-order valence-electron chi connectivity index (χ3n) is 2.34. The number of rotatable bonds is 6. The van der Waals surface area contributed by atoms with E-state index in [1.54, 1.807) is 0 Å². The van der Waals surface area contributed by atoms with Gasteiger partial charge >= 0.3 is 0 Å². The highest BCUT2D eigenvalue weighted by Crippen LogP contribution is 2.42. The lowest BCUT2D eigenvalue weighted by molar-refractivity contribution is -0.206. The lowest BCUT2D eigenvalue weighted by Gasteiger charge is -2.24. The molecule has 0 bridgehead atoms. The average molecular weight is 320 g/mol. The zero-order chi connectivity index (χ0) is 15.4. The molecule has 0 aliphatic rings. The van der Waals surface area contributed by atoms with Gasteiger partial charge in [-0.05, 0) is 24.6 Å². The van der Waals surface area contributed by atoms with Crippen molar-refractivity contribution in [2.24, 2.45) is 4.15 Å². The van der Waals surface area contributed by atoms with Gasteiger partial charge in [0, 0.05) is 20.6 Å². The number of carbonyl (C=O) groups excluding carboxylic acids is 1. The fraction of sp³-hybridized carbons (Fsp3) is 0.364. The molecule has 0 fully saturated rings. The van der Waals surface area contributed by atoms with E-state index in [9.17, 15) is 18.1 Å². The van der Waals surface area contributed by atoms with Gasteiger partial charge in [-0.1, -0.05) is 12.1 Å². The van der Waals surface area contributed by atoms with Crippen molar-refractivity contribution in [3.05, 3.63) is 29.8 Å². The highest BCUT2D eigenvalue weighted by molar-refractivity contribution is 7.92. The van der Waals surface area contributed by atoms with Gasteiger partial charge in [0.05, 0.1) is 4.90 Å². The molecular formula is C11H15NO6PS-. The molecule has 0 aliphatic heterocycles. The Morgan fingerprint density at radius 2 is 1.75 bits per heavy atom. The van der Waals surface area contributed by atoms with Crippen LogP contribution in [0.5, 0.6) is 0 Å². The number of ketones is 1. The maximum absolute atomic E-state index is 11.9. The Bertz CT molecular complexity index is 629. The highest BCUT2D eigenvalue weighted by Gasteiger charge is 2.16. The second-order valence-corrected chi connectivity index (χ2v) is 7.66. The van der Waals surface area contributed by atoms with Crippen LogP contribution in [-0.2, 0) is 30.3 Å². The molecule has 9 heteroatoms. The number of sulfonamides is 1. The van der Waals surface area contributed by atoms with Crippen LogP contribution < -0.4 is 4.89 Å². The molecule has 112 valence electrons. The Morgan fingerprint density at radius 3 is 2.15 bits per heavy atom. The van der Waals surface area contributed by atoms with Crippen molar-refractivity contribution in [3.63, 3.8) is 0 Å². The first-order valence-electron chi connectivity index (χ1n) is 5.52. The number of carbonyl (C=O) groups is 1. The van der Waals surface area contributed by atoms with Crippen LogP contribution in [-0.4, -0.2) is 28.4 Å². The molecular weight excluding hydrogens is 305 g/mol. The van der Waals surface area contributed by atoms with Gasteiger partial charge in [-0.3, -0.25) is 4.79 Å². The van der Waals surface area contributed by atoms with Crippen LogP contribution in [0.3, 0.4) is 0 Å². The minimum atomic E-state index is -4.16. The smallest absolute Gasteiger partial charge is 0.284 e. The topological polar surface area (TPSA) is 105 Å². The molecule has 0 saturated heterocycles. The summed E-state index contributed by atoms with van der Waals surface area (Å²) in [4.78, 5) is 22.5. The first-order chi connectivity index (χ1) is 9.22. The summed E-state index contributed by atoms with van der Waals surface area (Å²) in [6, 6.07) is 5.56. The Kier molecular flexibility index (Phi) is 5.61. The van der Waals surface area contributed by atoms with Crippen molar-refractivity contribution in [1.82, 2.24) is 0 Å². The molecule has 0 amide bonds. The standard InChI is InChI=1S/C11H15NO6PS/c1-9(13)8-10-4-6-11(7-5-10)20(15,16)12-19(14,17-2)18-3/h4-7H,8H2,1-3H3/q-1. The molecule has 0 heterocycles. The van der Waals surface area contributed by atoms with Gasteiger partial charge in [0.15, 0.2) is 7.74 Å². The van der Waals surface area contributed by atoms with Crippen molar-refractivity contribution in [1.29, 1.82) is 0 Å². The van der Waals surface area contributed by atoms with E-state index in [1.165, 1.54) is 31.2 Å². The Balaban J connectivity index is 3.14. The van der Waals surface area contributed by atoms with Crippen LogP contribution >= 0.6 is 7.74 Å². The number of hydrogen-bond acceptors (Lipinski definition) is 6. The maximum Gasteiger partial charge on any atom is 0.284 e. The van der Waals surface area contributed by atoms with Gasteiger partial charge < -0.3 is 13.9 Å². The van der Waals surface area contributed by atoms with E-state index in [2.05, 4.69) is 13.2 Å². The van der Waals surface area contributed by atoms with Crippen LogP contribution in [0, 0.1) is 0 Å². The number of hydrogen-bond donors (Lipinski definition) is 0. The molecule has 7 nitrogen and oxygen atoms in total. The molecule has 0 spiro atoms. The predicted molar refractivity (Wildman–Crippen MR) is 71.4 cm³/mol. The third-order valence-corrected chi connectivity index (χ3v) is 5.79. The van der Waals surface area contributed by atoms with Gasteiger partial charge in [-0.2, -0.15) is 8.42 Å². The summed E-state index contributed by atoms with van der Waals surface area (Å²) in [5.74, 6) is -0.0337. The van der Waals surface area contributed by atoms with Gasteiger partial charge in [-0.15, -0.1) is 4.15 Å². The molecule has 0 saturated carbocycles. The van der Waals surface area contributed by atoms with Gasteiger partial charge in [0.2, 0.25) is 0 Å². The van der Waals surface area contributed by atoms with Crippen molar-refractivity contribution < 1.29 is 27.2 Å². The molecule has 0 radical (unpaired) electrons. The summed E-state index contributed by atoms with van der Waals surface area (Å²) in [5.41, 5.74) is 0.679. The quantitative estimate of drug-likeness (QED) is 0.727. The van der Waals surface area contributed by atoms with Gasteiger partial charge in [0.1, 0.15) is 5.78 Å². The van der Waals surface area contributed by atoms with Crippen LogP contribution in [0.2, 0.25) is 0 Å². The van der Waals surface area contributed by atoms with Crippen LogP contribution in [0.4, 0.5) is 0 Å². The predicted octanol–water partition coefficient (Wildman–Crippen LogP) is 1.11. The van der Waals surface area contributed by atoms with Crippen molar-refractivity contribution in [2.75, 3.05) is 14.2 Å². The Hall–Kier alpha value is -1.05. The van der Waals surface area contributed by atoms with E-state index in [1.807, 2.05) is 0 Å². The lowest BCUT2D eigenvalue weighted by atomic mass is 10.1. The normalized spacial score (nSPS) is 12.2. The number of benzene rings is 1. The largest absolute Gasteiger partial charge is 0.773 e. The van der Waals surface area contributed by atoms with E-state index in [4.69, 9.17) is 0 Å². The van der Waals surface area contributed by atoms with Crippen LogP contribution in [0.25, 0.3) is 0 Å². The van der Waals surface area contributed by atoms with E-state index in [0.29, 0.717) is 5.56 Å². The van der Waals surface area contributed by atoms with Crippen molar-refractivity contribution in [3.8, 4) is 0 Å². The molecule has 0 atom stereocenters. The molecule has 1 aromatic carbocycles. The van der Waals surface area contributed by atoms with Crippen LogP contribution in [0.15, 0.2) is 33.3 Å². The van der Waals surface area contributed by atoms with Crippen LogP contribution in [0.1, 0.15) is 12.5 Å². The van der Waals surface area contributed by atoms with E-state index < -0.39 is 17.8 Å². The SMILES string of the molecule is COP([O-])(=NS(=O)(=O)c1ccc(CC(C)=O)cc1)OC. The maximum atomic E-state index is 11.9. The molecule has 0 aromatic heterocycles. The second kappa shape index (κ2) is 6.60. The Labute approximate surface area is 117 Å². The minimum Gasteiger partial charge on any atom is -0.773 e. The molecule has 1 aromatic rings. The fourth-order valence-electron chi connectivity index (χ4n) is 1.39. The molecule has 0 unspecified atom stereocenters.